The average Bonchev–Trinajstić information content (AvgIpc) is 3.46. The number of aromatic nitrogens is 1. The number of thiophene rings is 1. The number of nitrogens with one attached hydrogen (secondary N) is 1. The van der Waals surface area contributed by atoms with Crippen molar-refractivity contribution in [2.45, 2.75) is 29.5 Å². The van der Waals surface area contributed by atoms with Crippen molar-refractivity contribution < 1.29 is 13.2 Å². The first-order valence-electron chi connectivity index (χ1n) is 9.88. The zero-order valence-electron chi connectivity index (χ0n) is 16.4. The third-order valence-electron chi connectivity index (χ3n) is 5.05. The van der Waals surface area contributed by atoms with Crippen LogP contribution in [0.3, 0.4) is 0 Å². The van der Waals surface area contributed by atoms with Crippen LogP contribution in [0.15, 0.2) is 71.1 Å². The predicted octanol–water partition coefficient (Wildman–Crippen LogP) is 3.38. The maximum atomic E-state index is 12.8. The normalized spacial score (nSPS) is 15.7. The van der Waals surface area contributed by atoms with E-state index in [0.717, 1.165) is 29.0 Å². The molecule has 0 spiro atoms. The minimum absolute atomic E-state index is 0.121. The molecule has 156 valence electrons. The van der Waals surface area contributed by atoms with Crippen LogP contribution in [0, 0.1) is 0 Å². The molecule has 1 N–H and O–H groups in total. The third kappa shape index (κ3) is 4.61. The van der Waals surface area contributed by atoms with E-state index in [9.17, 15) is 13.2 Å². The van der Waals surface area contributed by atoms with E-state index in [1.54, 1.807) is 18.3 Å². The zero-order chi connectivity index (χ0) is 21.0. The van der Waals surface area contributed by atoms with Crippen LogP contribution in [0.5, 0.6) is 0 Å². The molecule has 0 radical (unpaired) electrons. The van der Waals surface area contributed by atoms with Gasteiger partial charge in [-0.25, -0.2) is 8.42 Å². The monoisotopic (exact) mass is 441 g/mol. The second kappa shape index (κ2) is 9.07. The Kier molecular flexibility index (Phi) is 6.26. The fourth-order valence-corrected chi connectivity index (χ4v) is 6.56. The fraction of sp³-hybridized carbons (Fsp3) is 0.273. The topological polar surface area (TPSA) is 79.4 Å². The number of rotatable bonds is 7. The van der Waals surface area contributed by atoms with Gasteiger partial charge in [0.25, 0.3) is 10.0 Å². The molecule has 1 amide bonds. The summed E-state index contributed by atoms with van der Waals surface area (Å²) in [4.78, 5) is 17.9. The molecule has 1 fully saturated rings. The molecule has 3 aromatic rings. The second-order valence-electron chi connectivity index (χ2n) is 7.17. The summed E-state index contributed by atoms with van der Waals surface area (Å²) in [7, 11) is -3.45. The summed E-state index contributed by atoms with van der Waals surface area (Å²) in [6.07, 6.45) is 3.62. The largest absolute Gasteiger partial charge is 0.343 e. The van der Waals surface area contributed by atoms with Gasteiger partial charge in [0.05, 0.1) is 18.2 Å². The Bertz CT molecular complexity index is 1050. The van der Waals surface area contributed by atoms with E-state index in [0.29, 0.717) is 17.3 Å². The number of carbonyl (C=O) groups excluding carboxylic acids is 1. The van der Waals surface area contributed by atoms with Crippen molar-refractivity contribution in [2.24, 2.45) is 0 Å². The molecule has 0 aliphatic carbocycles. The van der Waals surface area contributed by atoms with E-state index < -0.39 is 10.0 Å². The standard InChI is InChI=1S/C22H23N3O3S2/c26-20(16-18-11-12-21(29-18)30(27,28)25-14-6-7-15-25)24-22(17-8-2-1-3-9-17)19-10-4-5-13-23-19/h1-5,8-13,22H,6-7,14-16H2,(H,24,26). The van der Waals surface area contributed by atoms with E-state index in [1.807, 2.05) is 48.5 Å². The minimum Gasteiger partial charge on any atom is -0.343 e. The second-order valence-corrected chi connectivity index (χ2v) is 10.5. The van der Waals surface area contributed by atoms with Crippen molar-refractivity contribution >= 4 is 27.3 Å². The number of sulfonamides is 1. The Labute approximate surface area is 180 Å². The predicted molar refractivity (Wildman–Crippen MR) is 117 cm³/mol. The van der Waals surface area contributed by atoms with Crippen molar-refractivity contribution in [3.63, 3.8) is 0 Å². The number of carbonyl (C=O) groups is 1. The first-order chi connectivity index (χ1) is 14.5. The zero-order valence-corrected chi connectivity index (χ0v) is 18.0. The van der Waals surface area contributed by atoms with Crippen LogP contribution >= 0.6 is 11.3 Å². The van der Waals surface area contributed by atoms with Crippen molar-refractivity contribution in [2.75, 3.05) is 13.1 Å². The van der Waals surface area contributed by atoms with Gasteiger partial charge in [0, 0.05) is 24.2 Å². The van der Waals surface area contributed by atoms with Crippen LogP contribution in [0.4, 0.5) is 0 Å². The Morgan fingerprint density at radius 1 is 1.03 bits per heavy atom. The van der Waals surface area contributed by atoms with E-state index in [-0.39, 0.29) is 18.4 Å². The quantitative estimate of drug-likeness (QED) is 0.610. The van der Waals surface area contributed by atoms with Crippen LogP contribution in [0.1, 0.15) is 35.0 Å². The minimum atomic E-state index is -3.45. The van der Waals surface area contributed by atoms with Gasteiger partial charge >= 0.3 is 0 Å². The van der Waals surface area contributed by atoms with Gasteiger partial charge in [0.15, 0.2) is 0 Å². The lowest BCUT2D eigenvalue weighted by Crippen LogP contribution is -2.31. The molecular weight excluding hydrogens is 418 g/mol. The van der Waals surface area contributed by atoms with Crippen molar-refractivity contribution in [3.05, 3.63) is 83.0 Å². The van der Waals surface area contributed by atoms with Gasteiger partial charge in [-0.15, -0.1) is 11.3 Å². The van der Waals surface area contributed by atoms with Gasteiger partial charge in [0.2, 0.25) is 5.91 Å². The Morgan fingerprint density at radius 2 is 1.77 bits per heavy atom. The summed E-state index contributed by atoms with van der Waals surface area (Å²) in [5.41, 5.74) is 1.69. The Morgan fingerprint density at radius 3 is 2.47 bits per heavy atom. The lowest BCUT2D eigenvalue weighted by Gasteiger charge is -2.18. The van der Waals surface area contributed by atoms with Crippen molar-refractivity contribution in [1.29, 1.82) is 0 Å². The van der Waals surface area contributed by atoms with Gasteiger partial charge in [-0.3, -0.25) is 9.78 Å². The van der Waals surface area contributed by atoms with E-state index in [4.69, 9.17) is 0 Å². The molecule has 8 heteroatoms. The van der Waals surface area contributed by atoms with E-state index in [1.165, 1.54) is 15.6 Å². The van der Waals surface area contributed by atoms with Gasteiger partial charge in [0.1, 0.15) is 4.21 Å². The smallest absolute Gasteiger partial charge is 0.252 e. The van der Waals surface area contributed by atoms with Crippen LogP contribution in [0.25, 0.3) is 0 Å². The van der Waals surface area contributed by atoms with E-state index >= 15 is 0 Å². The molecule has 4 rings (SSSR count). The molecule has 1 aliphatic rings. The summed E-state index contributed by atoms with van der Waals surface area (Å²) in [6, 6.07) is 18.2. The molecule has 2 aromatic heterocycles. The Hall–Kier alpha value is -2.55. The van der Waals surface area contributed by atoms with Crippen LogP contribution < -0.4 is 5.32 Å². The highest BCUT2D eigenvalue weighted by molar-refractivity contribution is 7.91. The highest BCUT2D eigenvalue weighted by Crippen LogP contribution is 2.28. The van der Waals surface area contributed by atoms with Gasteiger partial charge in [-0.2, -0.15) is 4.31 Å². The number of hydrogen-bond acceptors (Lipinski definition) is 5. The maximum Gasteiger partial charge on any atom is 0.252 e. The molecule has 1 saturated heterocycles. The molecule has 1 aromatic carbocycles. The highest BCUT2D eigenvalue weighted by atomic mass is 32.2. The summed E-state index contributed by atoms with van der Waals surface area (Å²) < 4.78 is 27.2. The number of amides is 1. The first kappa shape index (κ1) is 20.7. The van der Waals surface area contributed by atoms with Gasteiger partial charge < -0.3 is 5.32 Å². The van der Waals surface area contributed by atoms with Crippen molar-refractivity contribution in [3.8, 4) is 0 Å². The lowest BCUT2D eigenvalue weighted by atomic mass is 10.0. The third-order valence-corrected chi connectivity index (χ3v) is 8.50. The number of nitrogens with zero attached hydrogens (tertiary/aromatic N) is 2. The first-order valence-corrected chi connectivity index (χ1v) is 12.1. The molecule has 1 atom stereocenters. The van der Waals surface area contributed by atoms with Crippen molar-refractivity contribution in [1.82, 2.24) is 14.6 Å². The molecule has 1 unspecified atom stereocenters. The molecular formula is C22H23N3O3S2. The maximum absolute atomic E-state index is 12.8. The molecule has 0 bridgehead atoms. The number of pyridine rings is 1. The SMILES string of the molecule is O=C(Cc1ccc(S(=O)(=O)N2CCCC2)s1)NC(c1ccccc1)c1ccccn1. The summed E-state index contributed by atoms with van der Waals surface area (Å²) in [5, 5.41) is 3.05. The average molecular weight is 442 g/mol. The van der Waals surface area contributed by atoms with Gasteiger partial charge in [-0.05, 0) is 42.7 Å². The highest BCUT2D eigenvalue weighted by Gasteiger charge is 2.28. The number of hydrogen-bond donors (Lipinski definition) is 1. The summed E-state index contributed by atoms with van der Waals surface area (Å²) >= 11 is 1.17. The van der Waals surface area contributed by atoms with Crippen LogP contribution in [-0.2, 0) is 21.2 Å². The summed E-state index contributed by atoms with van der Waals surface area (Å²) in [6.45, 7) is 1.14. The number of benzene rings is 1. The summed E-state index contributed by atoms with van der Waals surface area (Å²) in [5.74, 6) is -0.179. The molecule has 30 heavy (non-hydrogen) atoms. The van der Waals surface area contributed by atoms with E-state index in [2.05, 4.69) is 10.3 Å². The van der Waals surface area contributed by atoms with Crippen LogP contribution in [-0.4, -0.2) is 36.7 Å². The molecule has 6 nitrogen and oxygen atoms in total. The van der Waals surface area contributed by atoms with Gasteiger partial charge in [-0.1, -0.05) is 36.4 Å². The Balaban J connectivity index is 1.49. The molecule has 1 aliphatic heterocycles. The molecule has 3 heterocycles. The molecule has 0 saturated carbocycles. The lowest BCUT2D eigenvalue weighted by molar-refractivity contribution is -0.120. The van der Waals surface area contributed by atoms with Crippen LogP contribution in [0.2, 0.25) is 0 Å². The fourth-order valence-electron chi connectivity index (χ4n) is 3.54.